The number of piperidine rings is 1. The number of rotatable bonds is 12. The van der Waals surface area contributed by atoms with Gasteiger partial charge in [-0.25, -0.2) is 4.79 Å². The number of nitrogens with zero attached hydrogens (tertiary/aromatic N) is 2. The number of nitrogens with two attached hydrogens (primary N) is 1. The Kier molecular flexibility index (Phi) is 12.7. The summed E-state index contributed by atoms with van der Waals surface area (Å²) in [7, 11) is 0. The molecule has 6 N–H and O–H groups in total. The van der Waals surface area contributed by atoms with Gasteiger partial charge in [-0.2, -0.15) is 0 Å². The fourth-order valence-corrected chi connectivity index (χ4v) is 7.41. The predicted octanol–water partition coefficient (Wildman–Crippen LogP) is 4.14. The van der Waals surface area contributed by atoms with E-state index < -0.39 is 17.6 Å². The number of primary amides is 1. The van der Waals surface area contributed by atoms with Crippen molar-refractivity contribution in [2.45, 2.75) is 82.7 Å². The summed E-state index contributed by atoms with van der Waals surface area (Å²) in [5.74, 6) is -0.529. The van der Waals surface area contributed by atoms with Crippen LogP contribution in [0.1, 0.15) is 76.2 Å². The van der Waals surface area contributed by atoms with Crippen molar-refractivity contribution < 1.29 is 19.2 Å². The molecule has 1 aliphatic carbocycles. The molecule has 2 aliphatic heterocycles. The van der Waals surface area contributed by atoms with E-state index in [9.17, 15) is 19.2 Å². The molecule has 0 radical (unpaired) electrons. The molecule has 1 unspecified atom stereocenters. The van der Waals surface area contributed by atoms with Gasteiger partial charge in [0.05, 0.1) is 0 Å². The van der Waals surface area contributed by atoms with Crippen molar-refractivity contribution in [2.24, 2.45) is 17.6 Å². The number of carbonyl (C=O) groups is 4. The summed E-state index contributed by atoms with van der Waals surface area (Å²) >= 11 is 0. The van der Waals surface area contributed by atoms with Gasteiger partial charge in [0.2, 0.25) is 11.8 Å². The first kappa shape index (κ1) is 35.2. The standard InChI is InChI=1S/C37H53N7O4/c38-35(47)37(27-29-11-5-2-6-12-29,41-33(45)14-7-13-28-9-3-1-4-10-28)42-36(48)40-31-15-17-32(18-16-31)43-23-8-24-44(26-25-43)34(46)30-19-21-39-22-20-30/h1,3-4,9-10,15-18,29-30,39H,2,5-8,11-14,19-27H2,(H2,38,47)(H,41,45)(H2,40,42,48). The lowest BCUT2D eigenvalue weighted by atomic mass is 9.82. The molecule has 0 aromatic heterocycles. The molecule has 11 heteroatoms. The van der Waals surface area contributed by atoms with Gasteiger partial charge in [0.15, 0.2) is 5.66 Å². The highest BCUT2D eigenvalue weighted by Gasteiger charge is 2.42. The highest BCUT2D eigenvalue weighted by molar-refractivity contribution is 5.97. The third kappa shape index (κ3) is 9.95. The first-order chi connectivity index (χ1) is 23.3. The number of carbonyl (C=O) groups excluding carboxylic acids is 4. The van der Waals surface area contributed by atoms with Crippen LogP contribution in [0, 0.1) is 11.8 Å². The molecule has 0 spiro atoms. The monoisotopic (exact) mass is 659 g/mol. The fraction of sp³-hybridized carbons (Fsp3) is 0.568. The van der Waals surface area contributed by atoms with Gasteiger partial charge in [0.1, 0.15) is 0 Å². The molecule has 2 aromatic rings. The largest absolute Gasteiger partial charge is 0.370 e. The minimum atomic E-state index is -1.70. The molecule has 260 valence electrons. The van der Waals surface area contributed by atoms with E-state index in [0.29, 0.717) is 18.7 Å². The summed E-state index contributed by atoms with van der Waals surface area (Å²) in [6, 6.07) is 16.9. The summed E-state index contributed by atoms with van der Waals surface area (Å²) in [4.78, 5) is 57.0. The van der Waals surface area contributed by atoms with Gasteiger partial charge in [0, 0.05) is 56.3 Å². The Balaban J connectivity index is 1.18. The van der Waals surface area contributed by atoms with Crippen LogP contribution in [-0.2, 0) is 20.8 Å². The Hall–Kier alpha value is -4.12. The van der Waals surface area contributed by atoms with Crippen LogP contribution < -0.4 is 31.9 Å². The lowest BCUT2D eigenvalue weighted by Gasteiger charge is -2.36. The molecule has 5 amide bonds. The molecule has 2 aromatic carbocycles. The molecule has 3 fully saturated rings. The third-order valence-corrected chi connectivity index (χ3v) is 10.1. The van der Waals surface area contributed by atoms with E-state index in [2.05, 4.69) is 26.2 Å². The van der Waals surface area contributed by atoms with Crippen LogP contribution >= 0.6 is 0 Å². The number of aryl methyl sites for hydroxylation is 1. The second-order valence-electron chi connectivity index (χ2n) is 13.7. The van der Waals surface area contributed by atoms with Gasteiger partial charge in [-0.1, -0.05) is 62.4 Å². The van der Waals surface area contributed by atoms with Crippen LogP contribution in [-0.4, -0.2) is 73.6 Å². The van der Waals surface area contributed by atoms with E-state index >= 15 is 0 Å². The maximum Gasteiger partial charge on any atom is 0.321 e. The van der Waals surface area contributed by atoms with Crippen LogP contribution in [0.3, 0.4) is 0 Å². The number of benzene rings is 2. The normalized spacial score (nSPS) is 19.1. The van der Waals surface area contributed by atoms with E-state index in [4.69, 9.17) is 5.73 Å². The van der Waals surface area contributed by atoms with Crippen LogP contribution in [0.25, 0.3) is 0 Å². The molecule has 1 saturated carbocycles. The molecular formula is C37H53N7O4. The lowest BCUT2D eigenvalue weighted by Crippen LogP contribution is -2.69. The van der Waals surface area contributed by atoms with Gasteiger partial charge in [-0.3, -0.25) is 14.4 Å². The summed E-state index contributed by atoms with van der Waals surface area (Å²) < 4.78 is 0. The van der Waals surface area contributed by atoms with Crippen molar-refractivity contribution in [3.8, 4) is 0 Å². The minimum absolute atomic E-state index is 0.123. The predicted molar refractivity (Wildman–Crippen MR) is 188 cm³/mol. The molecular weight excluding hydrogens is 606 g/mol. The Morgan fingerprint density at radius 3 is 2.25 bits per heavy atom. The number of anilines is 2. The summed E-state index contributed by atoms with van der Waals surface area (Å²) in [5, 5.41) is 11.8. The van der Waals surface area contributed by atoms with Crippen molar-refractivity contribution in [1.82, 2.24) is 20.9 Å². The molecule has 5 rings (SSSR count). The van der Waals surface area contributed by atoms with E-state index in [0.717, 1.165) is 102 Å². The zero-order valence-electron chi connectivity index (χ0n) is 28.2. The summed E-state index contributed by atoms with van der Waals surface area (Å²) in [6.07, 6.45) is 9.59. The Labute approximate surface area is 284 Å². The maximum atomic E-state index is 13.4. The van der Waals surface area contributed by atoms with Crippen LogP contribution in [0.4, 0.5) is 16.2 Å². The van der Waals surface area contributed by atoms with Crippen LogP contribution in [0.5, 0.6) is 0 Å². The smallest absolute Gasteiger partial charge is 0.321 e. The first-order valence-electron chi connectivity index (χ1n) is 17.9. The molecule has 11 nitrogen and oxygen atoms in total. The number of hydrogen-bond donors (Lipinski definition) is 5. The van der Waals surface area contributed by atoms with Crippen molar-refractivity contribution in [3.63, 3.8) is 0 Å². The van der Waals surface area contributed by atoms with Gasteiger partial charge in [-0.15, -0.1) is 0 Å². The van der Waals surface area contributed by atoms with E-state index in [-0.39, 0.29) is 36.5 Å². The van der Waals surface area contributed by atoms with E-state index in [1.165, 1.54) is 0 Å². The summed E-state index contributed by atoms with van der Waals surface area (Å²) in [6.45, 7) is 4.86. The zero-order valence-corrected chi connectivity index (χ0v) is 28.2. The second kappa shape index (κ2) is 17.3. The number of nitrogens with one attached hydrogen (secondary N) is 4. The topological polar surface area (TPSA) is 149 Å². The highest BCUT2D eigenvalue weighted by atomic mass is 16.2. The number of amides is 5. The second-order valence-corrected chi connectivity index (χ2v) is 13.7. The van der Waals surface area contributed by atoms with Crippen molar-refractivity contribution >= 4 is 35.1 Å². The zero-order chi connectivity index (χ0) is 33.8. The molecule has 2 saturated heterocycles. The van der Waals surface area contributed by atoms with Crippen molar-refractivity contribution in [2.75, 3.05) is 49.5 Å². The van der Waals surface area contributed by atoms with E-state index in [1.54, 1.807) is 0 Å². The fourth-order valence-electron chi connectivity index (χ4n) is 7.41. The molecule has 1 atom stereocenters. The van der Waals surface area contributed by atoms with Gasteiger partial charge >= 0.3 is 6.03 Å². The minimum Gasteiger partial charge on any atom is -0.370 e. The molecule has 2 heterocycles. The van der Waals surface area contributed by atoms with Gasteiger partial charge in [-0.05, 0) is 80.9 Å². The van der Waals surface area contributed by atoms with E-state index in [1.807, 2.05) is 59.5 Å². The summed E-state index contributed by atoms with van der Waals surface area (Å²) in [5.41, 5.74) is 6.97. The molecule has 3 aliphatic rings. The third-order valence-electron chi connectivity index (χ3n) is 10.1. The first-order valence-corrected chi connectivity index (χ1v) is 17.9. The van der Waals surface area contributed by atoms with Gasteiger partial charge < -0.3 is 36.8 Å². The van der Waals surface area contributed by atoms with Gasteiger partial charge in [0.25, 0.3) is 5.91 Å². The average Bonchev–Trinajstić information content (AvgIpc) is 3.36. The number of hydrogen-bond acceptors (Lipinski definition) is 6. The Morgan fingerprint density at radius 2 is 1.54 bits per heavy atom. The lowest BCUT2D eigenvalue weighted by molar-refractivity contribution is -0.136. The molecule has 48 heavy (non-hydrogen) atoms. The highest BCUT2D eigenvalue weighted by Crippen LogP contribution is 2.30. The molecule has 0 bridgehead atoms. The van der Waals surface area contributed by atoms with Crippen LogP contribution in [0.15, 0.2) is 54.6 Å². The quantitative estimate of drug-likeness (QED) is 0.216. The maximum absolute atomic E-state index is 13.4. The number of urea groups is 1. The average molecular weight is 660 g/mol. The van der Waals surface area contributed by atoms with Crippen molar-refractivity contribution in [1.29, 1.82) is 0 Å². The Morgan fingerprint density at radius 1 is 0.812 bits per heavy atom. The van der Waals surface area contributed by atoms with Crippen LogP contribution in [0.2, 0.25) is 0 Å². The SMILES string of the molecule is NC(=O)C(CC1CCCCC1)(NC(=O)CCCc1ccccc1)NC(=O)Nc1ccc(N2CCCN(C(=O)C3CCNCC3)CC2)cc1. The Bertz CT molecular complexity index is 1360. The van der Waals surface area contributed by atoms with Crippen molar-refractivity contribution in [3.05, 3.63) is 60.2 Å².